The molecule has 0 aromatic heterocycles. The third-order valence-corrected chi connectivity index (χ3v) is 3.81. The molecule has 1 saturated carbocycles. The average molecular weight is 219 g/mol. The number of rotatable bonds is 3. The second kappa shape index (κ2) is 5.46. The maximum atomic E-state index is 5.77. The van der Waals surface area contributed by atoms with E-state index in [-0.39, 0.29) is 0 Å². The van der Waals surface area contributed by atoms with Gasteiger partial charge in [-0.05, 0) is 43.2 Å². The van der Waals surface area contributed by atoms with Gasteiger partial charge in [0.15, 0.2) is 0 Å². The molecule has 0 aliphatic heterocycles. The Morgan fingerprint density at radius 1 is 1.25 bits per heavy atom. The van der Waals surface area contributed by atoms with Crippen LogP contribution in [0.2, 0.25) is 0 Å². The maximum Gasteiger partial charge on any atom is 0.0617 e. The minimum atomic E-state index is 0.337. The van der Waals surface area contributed by atoms with Crippen LogP contribution in [0.4, 0.5) is 0 Å². The minimum absolute atomic E-state index is 0.337. The first kappa shape index (κ1) is 11.6. The topological polar surface area (TPSA) is 35.2 Å². The van der Waals surface area contributed by atoms with Crippen LogP contribution in [0.15, 0.2) is 30.3 Å². The number of ether oxygens (including phenoxy) is 1. The summed E-state index contributed by atoms with van der Waals surface area (Å²) in [5.41, 5.74) is 7.22. The van der Waals surface area contributed by atoms with Crippen LogP contribution in [0.1, 0.15) is 30.7 Å². The Bertz CT molecular complexity index is 312. The normalized spacial score (nSPS) is 30.2. The maximum absolute atomic E-state index is 5.77. The third kappa shape index (κ3) is 2.45. The van der Waals surface area contributed by atoms with E-state index >= 15 is 0 Å². The fourth-order valence-electron chi connectivity index (χ4n) is 2.78. The van der Waals surface area contributed by atoms with Crippen LogP contribution in [-0.4, -0.2) is 19.8 Å². The van der Waals surface area contributed by atoms with Crippen molar-refractivity contribution in [2.24, 2.45) is 11.7 Å². The molecule has 88 valence electrons. The summed E-state index contributed by atoms with van der Waals surface area (Å²) < 4.78 is 5.57. The van der Waals surface area contributed by atoms with Gasteiger partial charge < -0.3 is 10.5 Å². The monoisotopic (exact) mass is 219 g/mol. The molecule has 3 unspecified atom stereocenters. The van der Waals surface area contributed by atoms with Crippen molar-refractivity contribution in [3.63, 3.8) is 0 Å². The fourth-order valence-corrected chi connectivity index (χ4v) is 2.78. The van der Waals surface area contributed by atoms with Gasteiger partial charge in [-0.1, -0.05) is 30.3 Å². The van der Waals surface area contributed by atoms with Gasteiger partial charge in [0.2, 0.25) is 0 Å². The summed E-state index contributed by atoms with van der Waals surface area (Å²) in [6, 6.07) is 10.8. The van der Waals surface area contributed by atoms with E-state index in [1.165, 1.54) is 18.4 Å². The lowest BCUT2D eigenvalue weighted by Gasteiger charge is -2.34. The molecule has 2 nitrogen and oxygen atoms in total. The molecule has 0 heterocycles. The van der Waals surface area contributed by atoms with E-state index in [9.17, 15) is 0 Å². The van der Waals surface area contributed by atoms with Crippen LogP contribution in [0.5, 0.6) is 0 Å². The van der Waals surface area contributed by atoms with E-state index in [0.717, 1.165) is 13.0 Å². The van der Waals surface area contributed by atoms with Gasteiger partial charge in [-0.2, -0.15) is 0 Å². The fraction of sp³-hybridized carbons (Fsp3) is 0.571. The van der Waals surface area contributed by atoms with Crippen LogP contribution in [-0.2, 0) is 4.74 Å². The van der Waals surface area contributed by atoms with Gasteiger partial charge in [0.1, 0.15) is 0 Å². The van der Waals surface area contributed by atoms with Crippen molar-refractivity contribution >= 4 is 0 Å². The van der Waals surface area contributed by atoms with Crippen LogP contribution in [0, 0.1) is 5.92 Å². The van der Waals surface area contributed by atoms with Gasteiger partial charge in [-0.3, -0.25) is 0 Å². The van der Waals surface area contributed by atoms with Crippen molar-refractivity contribution in [3.8, 4) is 0 Å². The first-order chi connectivity index (χ1) is 7.85. The van der Waals surface area contributed by atoms with Crippen molar-refractivity contribution in [2.45, 2.75) is 31.3 Å². The summed E-state index contributed by atoms with van der Waals surface area (Å²) in [5, 5.41) is 0. The van der Waals surface area contributed by atoms with Gasteiger partial charge in [0, 0.05) is 7.11 Å². The molecule has 2 rings (SSSR count). The van der Waals surface area contributed by atoms with Gasteiger partial charge in [0.25, 0.3) is 0 Å². The van der Waals surface area contributed by atoms with Crippen molar-refractivity contribution in [1.82, 2.24) is 0 Å². The molecule has 0 amide bonds. The van der Waals surface area contributed by atoms with Gasteiger partial charge in [0.05, 0.1) is 6.10 Å². The first-order valence-electron chi connectivity index (χ1n) is 6.13. The Hall–Kier alpha value is -0.860. The van der Waals surface area contributed by atoms with E-state index in [2.05, 4.69) is 30.3 Å². The Labute approximate surface area is 97.8 Å². The summed E-state index contributed by atoms with van der Waals surface area (Å²) in [4.78, 5) is 0. The lowest BCUT2D eigenvalue weighted by Crippen LogP contribution is -2.35. The molecule has 3 atom stereocenters. The highest BCUT2D eigenvalue weighted by molar-refractivity contribution is 5.20. The van der Waals surface area contributed by atoms with Crippen molar-refractivity contribution in [3.05, 3.63) is 35.9 Å². The first-order valence-corrected chi connectivity index (χ1v) is 6.13. The van der Waals surface area contributed by atoms with Gasteiger partial charge in [-0.15, -0.1) is 0 Å². The number of nitrogens with two attached hydrogens (primary N) is 1. The zero-order chi connectivity index (χ0) is 11.4. The molecule has 16 heavy (non-hydrogen) atoms. The Kier molecular flexibility index (Phi) is 3.97. The minimum Gasteiger partial charge on any atom is -0.381 e. The molecule has 1 aliphatic rings. The number of methoxy groups -OCH3 is 1. The molecule has 1 aromatic rings. The van der Waals surface area contributed by atoms with Crippen LogP contribution < -0.4 is 5.73 Å². The molecule has 1 aromatic carbocycles. The molecule has 0 radical (unpaired) electrons. The predicted molar refractivity (Wildman–Crippen MR) is 66.4 cm³/mol. The van der Waals surface area contributed by atoms with Crippen LogP contribution in [0.3, 0.4) is 0 Å². The summed E-state index contributed by atoms with van der Waals surface area (Å²) in [6.45, 7) is 0.750. The standard InChI is InChI=1S/C14H21NO/c1-16-14-9-12(7-8-13(14)10-15)11-5-3-2-4-6-11/h2-6,12-14H,7-10,15H2,1H3. The predicted octanol–water partition coefficient (Wildman–Crippen LogP) is 2.54. The highest BCUT2D eigenvalue weighted by Gasteiger charge is 2.30. The second-order valence-corrected chi connectivity index (χ2v) is 4.69. The van der Waals surface area contributed by atoms with E-state index in [0.29, 0.717) is 17.9 Å². The third-order valence-electron chi connectivity index (χ3n) is 3.81. The molecule has 2 N–H and O–H groups in total. The molecule has 0 bridgehead atoms. The van der Waals surface area contributed by atoms with Crippen molar-refractivity contribution < 1.29 is 4.74 Å². The van der Waals surface area contributed by atoms with E-state index in [1.807, 2.05) is 0 Å². The molecular formula is C14H21NO. The Balaban J connectivity index is 2.05. The van der Waals surface area contributed by atoms with E-state index in [4.69, 9.17) is 10.5 Å². The van der Waals surface area contributed by atoms with Crippen molar-refractivity contribution in [1.29, 1.82) is 0 Å². The molecule has 0 saturated heterocycles. The molecule has 2 heteroatoms. The molecule has 1 fully saturated rings. The SMILES string of the molecule is COC1CC(c2ccccc2)CCC1CN. The Morgan fingerprint density at radius 3 is 2.62 bits per heavy atom. The highest BCUT2D eigenvalue weighted by atomic mass is 16.5. The highest BCUT2D eigenvalue weighted by Crippen LogP contribution is 2.36. The second-order valence-electron chi connectivity index (χ2n) is 4.69. The number of benzene rings is 1. The largest absolute Gasteiger partial charge is 0.381 e. The van der Waals surface area contributed by atoms with Crippen LogP contribution in [0.25, 0.3) is 0 Å². The number of hydrogen-bond acceptors (Lipinski definition) is 2. The zero-order valence-corrected chi connectivity index (χ0v) is 9.93. The van der Waals surface area contributed by atoms with Gasteiger partial charge >= 0.3 is 0 Å². The zero-order valence-electron chi connectivity index (χ0n) is 9.93. The molecule has 0 spiro atoms. The van der Waals surface area contributed by atoms with E-state index < -0.39 is 0 Å². The number of hydrogen-bond donors (Lipinski definition) is 1. The van der Waals surface area contributed by atoms with Crippen LogP contribution >= 0.6 is 0 Å². The Morgan fingerprint density at radius 2 is 2.00 bits per heavy atom. The smallest absolute Gasteiger partial charge is 0.0617 e. The lowest BCUT2D eigenvalue weighted by molar-refractivity contribution is 0.0201. The van der Waals surface area contributed by atoms with Crippen molar-refractivity contribution in [2.75, 3.05) is 13.7 Å². The average Bonchev–Trinajstić information content (AvgIpc) is 2.39. The van der Waals surface area contributed by atoms with E-state index in [1.54, 1.807) is 7.11 Å². The van der Waals surface area contributed by atoms with Gasteiger partial charge in [-0.25, -0.2) is 0 Å². The molecule has 1 aliphatic carbocycles. The summed E-state index contributed by atoms with van der Waals surface area (Å²) in [6.07, 6.45) is 3.88. The summed E-state index contributed by atoms with van der Waals surface area (Å²) >= 11 is 0. The summed E-state index contributed by atoms with van der Waals surface area (Å²) in [7, 11) is 1.81. The molecular weight excluding hydrogens is 198 g/mol. The quantitative estimate of drug-likeness (QED) is 0.848. The summed E-state index contributed by atoms with van der Waals surface area (Å²) in [5.74, 6) is 1.19. The lowest BCUT2D eigenvalue weighted by atomic mass is 9.77.